The minimum atomic E-state index is -3.71. The number of amides is 1. The van der Waals surface area contributed by atoms with Crippen LogP contribution in [0, 0.1) is 5.92 Å². The van der Waals surface area contributed by atoms with E-state index in [4.69, 9.17) is 0 Å². The normalized spacial score (nSPS) is 13.8. The molecule has 0 spiro atoms. The first-order valence-electron chi connectivity index (χ1n) is 8.52. The van der Waals surface area contributed by atoms with Gasteiger partial charge in [0.1, 0.15) is 0 Å². The smallest absolute Gasteiger partial charge is 0.261 e. The molecular weight excluding hydrogens is 350 g/mol. The number of nitrogens with zero attached hydrogens (tertiary/aromatic N) is 1. The third-order valence-corrected chi connectivity index (χ3v) is 5.67. The predicted octanol–water partition coefficient (Wildman–Crippen LogP) is 3.07. The fourth-order valence-electron chi connectivity index (χ4n) is 2.81. The zero-order valence-corrected chi connectivity index (χ0v) is 15.9. The number of carbonyl (C=O) groups is 1. The summed E-state index contributed by atoms with van der Waals surface area (Å²) >= 11 is 0. The summed E-state index contributed by atoms with van der Waals surface area (Å²) in [6, 6.07) is 11.9. The minimum Gasteiger partial charge on any atom is -0.385 e. The molecule has 2 aromatic rings. The number of hydrogen-bond acceptors (Lipinski definition) is 4. The van der Waals surface area contributed by atoms with Crippen molar-refractivity contribution in [1.29, 1.82) is 0 Å². The van der Waals surface area contributed by atoms with Gasteiger partial charge in [-0.1, -0.05) is 13.8 Å². The average Bonchev–Trinajstić information content (AvgIpc) is 2.88. The second-order valence-corrected chi connectivity index (χ2v) is 8.56. The number of nitrogens with one attached hydrogen (secondary N) is 2. The van der Waals surface area contributed by atoms with Crippen molar-refractivity contribution in [2.75, 3.05) is 28.5 Å². The Bertz CT molecular complexity index is 922. The highest BCUT2D eigenvalue weighted by Crippen LogP contribution is 2.30. The van der Waals surface area contributed by atoms with E-state index in [0.717, 1.165) is 23.5 Å². The lowest BCUT2D eigenvalue weighted by atomic mass is 10.2. The fraction of sp³-hybridized carbons (Fsp3) is 0.316. The fourth-order valence-corrected chi connectivity index (χ4v) is 3.91. The number of rotatable bonds is 6. The maximum Gasteiger partial charge on any atom is 0.261 e. The zero-order chi connectivity index (χ0) is 18.9. The molecular formula is C19H23N3O3S. The molecule has 7 heteroatoms. The number of anilines is 3. The van der Waals surface area contributed by atoms with Gasteiger partial charge in [-0.25, -0.2) is 8.42 Å². The molecule has 1 aliphatic rings. The molecule has 0 radical (unpaired) electrons. The van der Waals surface area contributed by atoms with E-state index in [1.165, 1.54) is 6.07 Å². The Labute approximate surface area is 154 Å². The van der Waals surface area contributed by atoms with Gasteiger partial charge in [0.05, 0.1) is 11.3 Å². The van der Waals surface area contributed by atoms with Gasteiger partial charge in [0.2, 0.25) is 5.91 Å². The molecule has 0 unspecified atom stereocenters. The van der Waals surface area contributed by atoms with Crippen molar-refractivity contribution >= 4 is 33.0 Å². The average molecular weight is 373 g/mol. The Hall–Kier alpha value is -2.54. The standard InChI is InChI=1S/C19H23N3O3S/c1-13(2)12-20-15-4-6-16(7-5-15)21-26(24,25)17-8-9-18-14(10-17)11-19(23)22(18)3/h4-10,13,20-21H,11-12H2,1-3H3. The molecule has 0 bridgehead atoms. The molecule has 26 heavy (non-hydrogen) atoms. The summed E-state index contributed by atoms with van der Waals surface area (Å²) in [6.07, 6.45) is 0.228. The summed E-state index contributed by atoms with van der Waals surface area (Å²) in [4.78, 5) is 13.5. The van der Waals surface area contributed by atoms with Crippen molar-refractivity contribution in [1.82, 2.24) is 0 Å². The van der Waals surface area contributed by atoms with E-state index in [2.05, 4.69) is 23.9 Å². The van der Waals surface area contributed by atoms with Crippen molar-refractivity contribution in [3.05, 3.63) is 48.0 Å². The van der Waals surface area contributed by atoms with E-state index in [-0.39, 0.29) is 17.2 Å². The van der Waals surface area contributed by atoms with Crippen LogP contribution in [0.15, 0.2) is 47.4 Å². The SMILES string of the molecule is CC(C)CNc1ccc(NS(=O)(=O)c2ccc3c(c2)CC(=O)N3C)cc1. The number of hydrogen-bond donors (Lipinski definition) is 2. The van der Waals surface area contributed by atoms with Gasteiger partial charge in [0.25, 0.3) is 10.0 Å². The zero-order valence-electron chi connectivity index (χ0n) is 15.1. The highest BCUT2D eigenvalue weighted by Gasteiger charge is 2.26. The van der Waals surface area contributed by atoms with Gasteiger partial charge in [0, 0.05) is 30.7 Å². The van der Waals surface area contributed by atoms with Crippen LogP contribution in [0.4, 0.5) is 17.1 Å². The van der Waals surface area contributed by atoms with Gasteiger partial charge < -0.3 is 10.2 Å². The number of fused-ring (bicyclic) bond motifs is 1. The molecule has 0 aliphatic carbocycles. The van der Waals surface area contributed by atoms with Crippen LogP contribution in [-0.4, -0.2) is 27.9 Å². The highest BCUT2D eigenvalue weighted by molar-refractivity contribution is 7.92. The second kappa shape index (κ2) is 6.99. The van der Waals surface area contributed by atoms with Crippen LogP contribution in [0.2, 0.25) is 0 Å². The molecule has 0 fully saturated rings. The van der Waals surface area contributed by atoms with Crippen molar-refractivity contribution in [3.8, 4) is 0 Å². The van der Waals surface area contributed by atoms with Crippen molar-refractivity contribution in [3.63, 3.8) is 0 Å². The van der Waals surface area contributed by atoms with E-state index in [1.807, 2.05) is 12.1 Å². The molecule has 1 heterocycles. The molecule has 0 aromatic heterocycles. The van der Waals surface area contributed by atoms with Gasteiger partial charge in [-0.05, 0) is 53.9 Å². The summed E-state index contributed by atoms with van der Waals surface area (Å²) in [7, 11) is -2.02. The molecule has 2 aromatic carbocycles. The monoisotopic (exact) mass is 373 g/mol. The summed E-state index contributed by atoms with van der Waals surface area (Å²) in [5, 5.41) is 3.29. The number of likely N-dealkylation sites (N-methyl/N-ethyl adjacent to an activating group) is 1. The first kappa shape index (κ1) is 18.3. The van der Waals surface area contributed by atoms with Gasteiger partial charge in [-0.15, -0.1) is 0 Å². The van der Waals surface area contributed by atoms with Gasteiger partial charge in [-0.2, -0.15) is 0 Å². The van der Waals surface area contributed by atoms with Gasteiger partial charge in [-0.3, -0.25) is 9.52 Å². The molecule has 1 aliphatic heterocycles. The first-order valence-corrected chi connectivity index (χ1v) is 10.0. The molecule has 0 saturated heterocycles. The third-order valence-electron chi connectivity index (χ3n) is 4.29. The Morgan fingerprint density at radius 3 is 2.38 bits per heavy atom. The van der Waals surface area contributed by atoms with Gasteiger partial charge in [0.15, 0.2) is 0 Å². The molecule has 3 rings (SSSR count). The topological polar surface area (TPSA) is 78.5 Å². The molecule has 138 valence electrons. The lowest BCUT2D eigenvalue weighted by molar-refractivity contribution is -0.117. The van der Waals surface area contributed by atoms with Crippen LogP contribution < -0.4 is 14.9 Å². The van der Waals surface area contributed by atoms with Crippen molar-refractivity contribution < 1.29 is 13.2 Å². The molecule has 2 N–H and O–H groups in total. The number of benzene rings is 2. The van der Waals surface area contributed by atoms with Crippen molar-refractivity contribution in [2.24, 2.45) is 5.92 Å². The minimum absolute atomic E-state index is 0.0352. The Balaban J connectivity index is 1.75. The van der Waals surface area contributed by atoms with Crippen LogP contribution in [0.5, 0.6) is 0 Å². The lowest BCUT2D eigenvalue weighted by Gasteiger charge is -2.13. The van der Waals surface area contributed by atoms with Crippen LogP contribution in [-0.2, 0) is 21.2 Å². The summed E-state index contributed by atoms with van der Waals surface area (Å²) < 4.78 is 27.9. The maximum absolute atomic E-state index is 12.6. The Morgan fingerprint density at radius 1 is 1.08 bits per heavy atom. The lowest BCUT2D eigenvalue weighted by Crippen LogP contribution is -2.20. The first-order chi connectivity index (χ1) is 12.3. The number of carbonyl (C=O) groups excluding carboxylic acids is 1. The van der Waals surface area contributed by atoms with E-state index >= 15 is 0 Å². The van der Waals surface area contributed by atoms with Crippen LogP contribution >= 0.6 is 0 Å². The Kier molecular flexibility index (Phi) is 4.91. The van der Waals surface area contributed by atoms with Crippen molar-refractivity contribution in [2.45, 2.75) is 25.2 Å². The Morgan fingerprint density at radius 2 is 1.73 bits per heavy atom. The second-order valence-electron chi connectivity index (χ2n) is 6.88. The molecule has 0 atom stereocenters. The van der Waals surface area contributed by atoms with E-state index in [0.29, 0.717) is 11.6 Å². The summed E-state index contributed by atoms with van der Waals surface area (Å²) in [6.45, 7) is 5.10. The molecule has 0 saturated carbocycles. The van der Waals surface area contributed by atoms with Gasteiger partial charge >= 0.3 is 0 Å². The van der Waals surface area contributed by atoms with Crippen LogP contribution in [0.25, 0.3) is 0 Å². The quantitative estimate of drug-likeness (QED) is 0.816. The van der Waals surface area contributed by atoms with E-state index in [1.54, 1.807) is 36.2 Å². The largest absolute Gasteiger partial charge is 0.385 e. The maximum atomic E-state index is 12.6. The van der Waals surface area contributed by atoms with E-state index < -0.39 is 10.0 Å². The molecule has 1 amide bonds. The summed E-state index contributed by atoms with van der Waals surface area (Å²) in [5.74, 6) is 0.492. The number of sulfonamides is 1. The molecule has 6 nitrogen and oxygen atoms in total. The highest BCUT2D eigenvalue weighted by atomic mass is 32.2. The van der Waals surface area contributed by atoms with Crippen LogP contribution in [0.3, 0.4) is 0 Å². The third kappa shape index (κ3) is 3.83. The predicted molar refractivity (Wildman–Crippen MR) is 104 cm³/mol. The summed E-state index contributed by atoms with van der Waals surface area (Å²) in [5.41, 5.74) is 2.93. The van der Waals surface area contributed by atoms with E-state index in [9.17, 15) is 13.2 Å². The van der Waals surface area contributed by atoms with Crippen LogP contribution in [0.1, 0.15) is 19.4 Å².